The molecule has 0 amide bonds. The first-order chi connectivity index (χ1) is 7.79. The quantitative estimate of drug-likeness (QED) is 0.878. The van der Waals surface area contributed by atoms with E-state index < -0.39 is 17.5 Å². The van der Waals surface area contributed by atoms with Gasteiger partial charge in [0.1, 0.15) is 0 Å². The molecule has 0 spiro atoms. The molecule has 1 aromatic carbocycles. The van der Waals surface area contributed by atoms with Crippen LogP contribution >= 0.6 is 15.9 Å². The molecular weight excluding hydrogens is 284 g/mol. The van der Waals surface area contributed by atoms with Crippen molar-refractivity contribution >= 4 is 21.9 Å². The monoisotopic (exact) mass is 300 g/mol. The van der Waals surface area contributed by atoms with Crippen LogP contribution in [0.1, 0.15) is 38.2 Å². The van der Waals surface area contributed by atoms with Gasteiger partial charge in [-0.3, -0.25) is 4.79 Å². The van der Waals surface area contributed by atoms with Crippen molar-refractivity contribution in [1.82, 2.24) is 0 Å². The smallest absolute Gasteiger partial charge is 0.310 e. The summed E-state index contributed by atoms with van der Waals surface area (Å²) < 4.78 is 0.865. The number of aliphatic hydroxyl groups is 1. The van der Waals surface area contributed by atoms with E-state index in [0.29, 0.717) is 12.8 Å². The van der Waals surface area contributed by atoms with Crippen molar-refractivity contribution in [3.63, 3.8) is 0 Å². The molecule has 0 saturated carbocycles. The number of halogens is 1. The van der Waals surface area contributed by atoms with Crippen LogP contribution in [0.4, 0.5) is 0 Å². The lowest BCUT2D eigenvalue weighted by Crippen LogP contribution is -2.21. The van der Waals surface area contributed by atoms with Gasteiger partial charge < -0.3 is 10.2 Å². The number of carboxylic acid groups (broad SMARTS) is 1. The van der Waals surface area contributed by atoms with Gasteiger partial charge in [-0.2, -0.15) is 0 Å². The molecule has 0 aromatic heterocycles. The molecule has 1 aromatic rings. The van der Waals surface area contributed by atoms with Crippen LogP contribution in [0.15, 0.2) is 28.7 Å². The summed E-state index contributed by atoms with van der Waals surface area (Å²) in [7, 11) is 0. The van der Waals surface area contributed by atoms with Crippen molar-refractivity contribution in [1.29, 1.82) is 0 Å². The molecule has 17 heavy (non-hydrogen) atoms. The molecule has 1 unspecified atom stereocenters. The topological polar surface area (TPSA) is 57.5 Å². The number of carboxylic acids is 1. The van der Waals surface area contributed by atoms with Gasteiger partial charge in [0.15, 0.2) is 0 Å². The fourth-order valence-electron chi connectivity index (χ4n) is 1.65. The maximum Gasteiger partial charge on any atom is 0.310 e. The molecule has 94 valence electrons. The number of hydrogen-bond acceptors (Lipinski definition) is 2. The maximum absolute atomic E-state index is 11.2. The molecule has 0 aliphatic heterocycles. The fourth-order valence-corrected chi connectivity index (χ4v) is 2.07. The molecular formula is C13H17BrO3. The third-order valence-electron chi connectivity index (χ3n) is 2.59. The average Bonchev–Trinajstić information content (AvgIpc) is 2.15. The van der Waals surface area contributed by atoms with Gasteiger partial charge in [-0.25, -0.2) is 0 Å². The molecule has 2 N–H and O–H groups in total. The van der Waals surface area contributed by atoms with Gasteiger partial charge in [0, 0.05) is 4.47 Å². The highest BCUT2D eigenvalue weighted by Gasteiger charge is 2.23. The fraction of sp³-hybridized carbons (Fsp3) is 0.462. The Kier molecular flexibility index (Phi) is 4.71. The minimum absolute atomic E-state index is 0.426. The van der Waals surface area contributed by atoms with Gasteiger partial charge in [-0.1, -0.05) is 28.1 Å². The van der Waals surface area contributed by atoms with E-state index >= 15 is 0 Å². The number of aliphatic carboxylic acids is 1. The summed E-state index contributed by atoms with van der Waals surface area (Å²) in [5, 5.41) is 18.9. The first kappa shape index (κ1) is 14.2. The van der Waals surface area contributed by atoms with Crippen LogP contribution in [0.25, 0.3) is 0 Å². The van der Waals surface area contributed by atoms with Gasteiger partial charge in [0.25, 0.3) is 0 Å². The lowest BCUT2D eigenvalue weighted by molar-refractivity contribution is -0.139. The Morgan fingerprint density at radius 1 is 1.47 bits per heavy atom. The summed E-state index contributed by atoms with van der Waals surface area (Å²) in [5.41, 5.74) is -0.0733. The van der Waals surface area contributed by atoms with Gasteiger partial charge in [-0.05, 0) is 44.4 Å². The molecule has 1 atom stereocenters. The minimum Gasteiger partial charge on any atom is -0.481 e. The second-order valence-electron chi connectivity index (χ2n) is 4.80. The molecule has 0 saturated heterocycles. The van der Waals surface area contributed by atoms with E-state index in [2.05, 4.69) is 15.9 Å². The Bertz CT molecular complexity index is 396. The largest absolute Gasteiger partial charge is 0.481 e. The molecule has 4 heteroatoms. The van der Waals surface area contributed by atoms with E-state index in [1.54, 1.807) is 19.9 Å². The van der Waals surface area contributed by atoms with Crippen LogP contribution in [-0.2, 0) is 4.79 Å². The molecule has 3 nitrogen and oxygen atoms in total. The van der Waals surface area contributed by atoms with Crippen LogP contribution < -0.4 is 0 Å². The molecule has 0 fully saturated rings. The van der Waals surface area contributed by atoms with E-state index in [0.717, 1.165) is 10.0 Å². The Morgan fingerprint density at radius 3 is 2.59 bits per heavy atom. The van der Waals surface area contributed by atoms with Crippen LogP contribution in [0.5, 0.6) is 0 Å². The lowest BCUT2D eigenvalue weighted by atomic mass is 9.90. The van der Waals surface area contributed by atoms with Crippen molar-refractivity contribution in [2.45, 2.75) is 38.2 Å². The SMILES string of the molecule is CC(C)(O)CCC(C(=O)O)c1cccc(Br)c1. The molecule has 1 rings (SSSR count). The number of benzene rings is 1. The Morgan fingerprint density at radius 2 is 2.12 bits per heavy atom. The van der Waals surface area contributed by atoms with Gasteiger partial charge >= 0.3 is 5.97 Å². The average molecular weight is 301 g/mol. The van der Waals surface area contributed by atoms with E-state index in [-0.39, 0.29) is 0 Å². The molecule has 0 heterocycles. The van der Waals surface area contributed by atoms with Gasteiger partial charge in [-0.15, -0.1) is 0 Å². The van der Waals surface area contributed by atoms with Crippen molar-refractivity contribution in [3.05, 3.63) is 34.3 Å². The number of rotatable bonds is 5. The van der Waals surface area contributed by atoms with Crippen LogP contribution in [0.2, 0.25) is 0 Å². The van der Waals surface area contributed by atoms with Crippen LogP contribution in [-0.4, -0.2) is 21.8 Å². The highest BCUT2D eigenvalue weighted by atomic mass is 79.9. The standard InChI is InChI=1S/C13H17BrO3/c1-13(2,17)7-6-11(12(15)16)9-4-3-5-10(14)8-9/h3-5,8,11,17H,6-7H2,1-2H3,(H,15,16). The zero-order valence-corrected chi connectivity index (χ0v) is 11.6. The third-order valence-corrected chi connectivity index (χ3v) is 3.09. The first-order valence-corrected chi connectivity index (χ1v) is 6.29. The summed E-state index contributed by atoms with van der Waals surface area (Å²) in [4.78, 5) is 11.2. The highest BCUT2D eigenvalue weighted by Crippen LogP contribution is 2.27. The van der Waals surface area contributed by atoms with Gasteiger partial charge in [0.2, 0.25) is 0 Å². The Labute approximate surface area is 110 Å². The molecule has 0 radical (unpaired) electrons. The van der Waals surface area contributed by atoms with Crippen molar-refractivity contribution < 1.29 is 15.0 Å². The summed E-state index contributed by atoms with van der Waals surface area (Å²) in [6.45, 7) is 3.37. The molecule has 0 bridgehead atoms. The minimum atomic E-state index is -0.854. The Hall–Kier alpha value is -0.870. The van der Waals surface area contributed by atoms with E-state index in [4.69, 9.17) is 0 Å². The number of hydrogen-bond donors (Lipinski definition) is 2. The first-order valence-electron chi connectivity index (χ1n) is 5.50. The summed E-state index contributed by atoms with van der Waals surface area (Å²) >= 11 is 3.33. The normalized spacial score (nSPS) is 13.4. The van der Waals surface area contributed by atoms with Crippen LogP contribution in [0, 0.1) is 0 Å². The summed E-state index contributed by atoms with van der Waals surface area (Å²) in [5.74, 6) is -1.42. The Balaban J connectivity index is 2.83. The molecule has 0 aliphatic carbocycles. The summed E-state index contributed by atoms with van der Waals surface area (Å²) in [6, 6.07) is 7.29. The van der Waals surface area contributed by atoms with Crippen LogP contribution in [0.3, 0.4) is 0 Å². The molecule has 0 aliphatic rings. The van der Waals surface area contributed by atoms with E-state index in [1.807, 2.05) is 18.2 Å². The second kappa shape index (κ2) is 5.65. The van der Waals surface area contributed by atoms with Crippen molar-refractivity contribution in [2.75, 3.05) is 0 Å². The highest BCUT2D eigenvalue weighted by molar-refractivity contribution is 9.10. The van der Waals surface area contributed by atoms with Crippen molar-refractivity contribution in [2.24, 2.45) is 0 Å². The van der Waals surface area contributed by atoms with Crippen molar-refractivity contribution in [3.8, 4) is 0 Å². The second-order valence-corrected chi connectivity index (χ2v) is 5.71. The van der Waals surface area contributed by atoms with E-state index in [1.165, 1.54) is 0 Å². The third kappa shape index (κ3) is 4.88. The van der Waals surface area contributed by atoms with Gasteiger partial charge in [0.05, 0.1) is 11.5 Å². The predicted molar refractivity (Wildman–Crippen MR) is 70.1 cm³/mol. The summed E-state index contributed by atoms with van der Waals surface area (Å²) in [6.07, 6.45) is 0.881. The predicted octanol–water partition coefficient (Wildman–Crippen LogP) is 3.17. The number of carbonyl (C=O) groups is 1. The zero-order chi connectivity index (χ0) is 13.1. The zero-order valence-electron chi connectivity index (χ0n) is 9.98. The van der Waals surface area contributed by atoms with E-state index in [9.17, 15) is 15.0 Å². The maximum atomic E-state index is 11.2. The lowest BCUT2D eigenvalue weighted by Gasteiger charge is -2.20.